The van der Waals surface area contributed by atoms with Crippen LogP contribution in [0.1, 0.15) is 17.5 Å². The Morgan fingerprint density at radius 3 is 2.29 bits per heavy atom. The monoisotopic (exact) mass is 329 g/mol. The number of carbonyl (C=O) groups is 2. The minimum atomic E-state index is -0.901. The Bertz CT molecular complexity index is 670. The third-order valence-corrected chi connectivity index (χ3v) is 3.18. The molecule has 3 N–H and O–H groups in total. The summed E-state index contributed by atoms with van der Waals surface area (Å²) in [5.41, 5.74) is 7.33. The van der Waals surface area contributed by atoms with Gasteiger partial charge in [0, 0.05) is 0 Å². The number of ether oxygens (including phenoxy) is 2. The molecule has 0 spiro atoms. The van der Waals surface area contributed by atoms with Gasteiger partial charge in [0.15, 0.2) is 6.23 Å². The third kappa shape index (κ3) is 6.10. The lowest BCUT2D eigenvalue weighted by Crippen LogP contribution is -2.30. The van der Waals surface area contributed by atoms with Crippen LogP contribution in [0.3, 0.4) is 0 Å². The molecule has 0 aliphatic heterocycles. The van der Waals surface area contributed by atoms with Crippen LogP contribution in [0.4, 0.5) is 0 Å². The summed E-state index contributed by atoms with van der Waals surface area (Å²) in [6.07, 6.45) is -0.972. The van der Waals surface area contributed by atoms with Crippen LogP contribution >= 0.6 is 0 Å². The molecule has 0 aliphatic rings. The van der Waals surface area contributed by atoms with Crippen LogP contribution in [0.15, 0.2) is 54.6 Å². The highest BCUT2D eigenvalue weighted by atomic mass is 16.5. The molecule has 0 saturated heterocycles. The molecule has 0 fully saturated rings. The number of hydrogen-bond donors (Lipinski definition) is 2. The summed E-state index contributed by atoms with van der Waals surface area (Å²) < 4.78 is 10.6. The fraction of sp³-hybridized carbons (Fsp3) is 0.222. The minimum Gasteiger partial charge on any atom is -0.481 e. The van der Waals surface area contributed by atoms with Gasteiger partial charge in [-0.15, -0.1) is 0 Å². The van der Waals surface area contributed by atoms with Crippen LogP contribution in [0.2, 0.25) is 0 Å². The van der Waals surface area contributed by atoms with Crippen molar-refractivity contribution < 1.29 is 24.2 Å². The van der Waals surface area contributed by atoms with Crippen molar-refractivity contribution in [1.29, 1.82) is 0 Å². The van der Waals surface area contributed by atoms with E-state index >= 15 is 0 Å². The molecule has 6 nitrogen and oxygen atoms in total. The van der Waals surface area contributed by atoms with Gasteiger partial charge in [-0.2, -0.15) is 0 Å². The van der Waals surface area contributed by atoms with Crippen LogP contribution in [0.5, 0.6) is 5.75 Å². The van der Waals surface area contributed by atoms with Gasteiger partial charge in [-0.25, -0.2) is 0 Å². The first-order valence-corrected chi connectivity index (χ1v) is 7.45. The summed E-state index contributed by atoms with van der Waals surface area (Å²) in [6, 6.07) is 15.9. The van der Waals surface area contributed by atoms with Crippen LogP contribution in [0.25, 0.3) is 0 Å². The van der Waals surface area contributed by atoms with Gasteiger partial charge >= 0.3 is 11.9 Å². The Morgan fingerprint density at radius 1 is 1.00 bits per heavy atom. The number of aliphatic carboxylic acids is 1. The lowest BCUT2D eigenvalue weighted by molar-refractivity contribution is -0.146. The predicted octanol–water partition coefficient (Wildman–Crippen LogP) is 2.11. The molecule has 2 rings (SSSR count). The third-order valence-electron chi connectivity index (χ3n) is 3.18. The molecule has 0 bridgehead atoms. The van der Waals surface area contributed by atoms with Gasteiger partial charge in [0.25, 0.3) is 0 Å². The average molecular weight is 329 g/mol. The van der Waals surface area contributed by atoms with E-state index in [1.165, 1.54) is 0 Å². The second-order valence-corrected chi connectivity index (χ2v) is 5.22. The highest BCUT2D eigenvalue weighted by Gasteiger charge is 2.12. The first kappa shape index (κ1) is 17.5. The summed E-state index contributed by atoms with van der Waals surface area (Å²) in [5, 5.41) is 8.71. The Balaban J connectivity index is 1.76. The molecule has 1 unspecified atom stereocenters. The van der Waals surface area contributed by atoms with E-state index in [1.807, 2.05) is 30.3 Å². The Morgan fingerprint density at radius 2 is 1.67 bits per heavy atom. The summed E-state index contributed by atoms with van der Waals surface area (Å²) in [6.45, 7) is 0.191. The van der Waals surface area contributed by atoms with Crippen molar-refractivity contribution >= 4 is 11.9 Å². The summed E-state index contributed by atoms with van der Waals surface area (Å²) in [7, 11) is 0. The zero-order valence-corrected chi connectivity index (χ0v) is 13.1. The standard InChI is InChI=1S/C18H19NO5/c19-16(11-18(22)23-12-14-4-2-1-3-5-14)24-15-8-6-13(7-9-15)10-17(20)21/h1-9,16H,10-12,19H2,(H,20,21). The van der Waals surface area contributed by atoms with Crippen LogP contribution in [0, 0.1) is 0 Å². The van der Waals surface area contributed by atoms with E-state index in [2.05, 4.69) is 0 Å². The Labute approximate surface area is 139 Å². The topological polar surface area (TPSA) is 98.9 Å². The van der Waals surface area contributed by atoms with Crippen molar-refractivity contribution in [2.75, 3.05) is 0 Å². The number of carbonyl (C=O) groups excluding carboxylic acids is 1. The zero-order chi connectivity index (χ0) is 17.4. The molecule has 0 radical (unpaired) electrons. The number of nitrogens with two attached hydrogens (primary N) is 1. The fourth-order valence-corrected chi connectivity index (χ4v) is 2.04. The summed E-state index contributed by atoms with van der Waals surface area (Å²) in [4.78, 5) is 22.4. The first-order valence-electron chi connectivity index (χ1n) is 7.45. The molecule has 0 aliphatic carbocycles. The molecular formula is C18H19NO5. The van der Waals surface area contributed by atoms with Gasteiger partial charge in [0.1, 0.15) is 12.4 Å². The second-order valence-electron chi connectivity index (χ2n) is 5.22. The lowest BCUT2D eigenvalue weighted by Gasteiger charge is -2.14. The van der Waals surface area contributed by atoms with Crippen molar-refractivity contribution in [2.24, 2.45) is 5.73 Å². The van der Waals surface area contributed by atoms with E-state index in [0.717, 1.165) is 5.56 Å². The van der Waals surface area contributed by atoms with Crippen molar-refractivity contribution in [3.8, 4) is 5.75 Å². The van der Waals surface area contributed by atoms with Crippen LogP contribution in [-0.2, 0) is 27.4 Å². The van der Waals surface area contributed by atoms with E-state index in [0.29, 0.717) is 11.3 Å². The summed E-state index contributed by atoms with van der Waals surface area (Å²) in [5.74, 6) is -0.886. The highest BCUT2D eigenvalue weighted by molar-refractivity contribution is 5.70. The zero-order valence-electron chi connectivity index (χ0n) is 13.1. The number of rotatable bonds is 8. The molecule has 0 aromatic heterocycles. The molecule has 2 aromatic carbocycles. The van der Waals surface area contributed by atoms with Crippen molar-refractivity contribution in [1.82, 2.24) is 0 Å². The smallest absolute Gasteiger partial charge is 0.311 e. The maximum absolute atomic E-state index is 11.7. The highest BCUT2D eigenvalue weighted by Crippen LogP contribution is 2.14. The number of benzene rings is 2. The largest absolute Gasteiger partial charge is 0.481 e. The summed E-state index contributed by atoms with van der Waals surface area (Å²) >= 11 is 0. The maximum atomic E-state index is 11.7. The molecule has 24 heavy (non-hydrogen) atoms. The van der Waals surface area contributed by atoms with Crippen molar-refractivity contribution in [2.45, 2.75) is 25.7 Å². The van der Waals surface area contributed by atoms with Gasteiger partial charge in [0.2, 0.25) is 0 Å². The van der Waals surface area contributed by atoms with E-state index in [-0.39, 0.29) is 19.4 Å². The minimum absolute atomic E-state index is 0.0574. The molecule has 0 saturated carbocycles. The molecular weight excluding hydrogens is 310 g/mol. The Hall–Kier alpha value is -2.86. The predicted molar refractivity (Wildman–Crippen MR) is 87.2 cm³/mol. The number of carboxylic acid groups (broad SMARTS) is 1. The number of hydrogen-bond acceptors (Lipinski definition) is 5. The van der Waals surface area contributed by atoms with E-state index in [1.54, 1.807) is 24.3 Å². The molecule has 0 heterocycles. The van der Waals surface area contributed by atoms with Crippen molar-refractivity contribution in [3.05, 3.63) is 65.7 Å². The molecule has 2 aromatic rings. The molecule has 6 heteroatoms. The van der Waals surface area contributed by atoms with Gasteiger partial charge in [-0.3, -0.25) is 15.3 Å². The number of esters is 1. The van der Waals surface area contributed by atoms with E-state index in [4.69, 9.17) is 20.3 Å². The normalized spacial score (nSPS) is 11.5. The van der Waals surface area contributed by atoms with Crippen molar-refractivity contribution in [3.63, 3.8) is 0 Å². The number of carboxylic acids is 1. The first-order chi connectivity index (χ1) is 11.5. The van der Waals surface area contributed by atoms with Crippen LogP contribution in [-0.4, -0.2) is 23.3 Å². The molecule has 126 valence electrons. The SMILES string of the molecule is NC(CC(=O)OCc1ccccc1)Oc1ccc(CC(=O)O)cc1. The lowest BCUT2D eigenvalue weighted by atomic mass is 10.1. The van der Waals surface area contributed by atoms with E-state index < -0.39 is 18.2 Å². The van der Waals surface area contributed by atoms with Gasteiger partial charge in [-0.1, -0.05) is 42.5 Å². The Kier molecular flexibility index (Phi) is 6.33. The van der Waals surface area contributed by atoms with Gasteiger partial charge in [-0.05, 0) is 23.3 Å². The van der Waals surface area contributed by atoms with Gasteiger partial charge in [0.05, 0.1) is 12.8 Å². The quantitative estimate of drug-likeness (QED) is 0.568. The maximum Gasteiger partial charge on any atom is 0.311 e. The fourth-order valence-electron chi connectivity index (χ4n) is 2.04. The second kappa shape index (κ2) is 8.69. The molecule has 1 atom stereocenters. The van der Waals surface area contributed by atoms with E-state index in [9.17, 15) is 9.59 Å². The van der Waals surface area contributed by atoms with Gasteiger partial charge < -0.3 is 14.6 Å². The molecule has 0 amide bonds. The average Bonchev–Trinajstić information content (AvgIpc) is 2.55. The van der Waals surface area contributed by atoms with Crippen LogP contribution < -0.4 is 10.5 Å².